The minimum atomic E-state index is -1.30. The lowest BCUT2D eigenvalue weighted by Crippen LogP contribution is -2.40. The van der Waals surface area contributed by atoms with Crippen LogP contribution in [0.4, 0.5) is 20.2 Å². The Hall–Kier alpha value is -4.93. The van der Waals surface area contributed by atoms with Gasteiger partial charge in [-0.2, -0.15) is 0 Å². The van der Waals surface area contributed by atoms with Crippen molar-refractivity contribution in [3.63, 3.8) is 0 Å². The van der Waals surface area contributed by atoms with E-state index in [2.05, 4.69) is 10.6 Å². The summed E-state index contributed by atoms with van der Waals surface area (Å²) in [5.41, 5.74) is -0.311. The van der Waals surface area contributed by atoms with Gasteiger partial charge in [0, 0.05) is 62.7 Å². The van der Waals surface area contributed by atoms with Crippen molar-refractivity contribution in [1.29, 1.82) is 0 Å². The molecule has 6 fully saturated rings. The van der Waals surface area contributed by atoms with Crippen molar-refractivity contribution in [3.05, 3.63) is 67.7 Å². The second-order valence-corrected chi connectivity index (χ2v) is 16.6. The van der Waals surface area contributed by atoms with Gasteiger partial charge in [-0.1, -0.05) is 0 Å². The van der Waals surface area contributed by atoms with Gasteiger partial charge in [-0.25, -0.2) is 18.4 Å². The number of anilines is 2. The molecule has 10 rings (SSSR count). The number of rotatable bonds is 8. The molecular weight excluding hydrogens is 790 g/mol. The third kappa shape index (κ3) is 7.16. The third-order valence-electron chi connectivity index (χ3n) is 13.0. The van der Waals surface area contributed by atoms with Crippen molar-refractivity contribution in [1.82, 2.24) is 19.8 Å². The van der Waals surface area contributed by atoms with E-state index in [1.54, 1.807) is 9.13 Å². The molecule has 17 heteroatoms. The molecule has 6 heterocycles. The van der Waals surface area contributed by atoms with Crippen molar-refractivity contribution in [2.24, 2.45) is 11.8 Å². The van der Waals surface area contributed by atoms with E-state index in [9.17, 15) is 29.4 Å². The Morgan fingerprint density at radius 3 is 1.37 bits per heavy atom. The average Bonchev–Trinajstić information content (AvgIpc) is 4.15. The van der Waals surface area contributed by atoms with Gasteiger partial charge in [0.05, 0.1) is 36.0 Å². The maximum atomic E-state index is 15.3. The molecule has 6 aliphatic rings. The topological polar surface area (TPSA) is 168 Å². The second kappa shape index (κ2) is 15.9. The molecule has 0 unspecified atom stereocenters. The number of carboxylic acids is 2. The first kappa shape index (κ1) is 40.8. The Morgan fingerprint density at radius 1 is 0.661 bits per heavy atom. The van der Waals surface area contributed by atoms with Crippen LogP contribution in [0.1, 0.15) is 84.2 Å². The Morgan fingerprint density at radius 2 is 1.05 bits per heavy atom. The minimum absolute atomic E-state index is 0. The van der Waals surface area contributed by atoms with Crippen molar-refractivity contribution in [2.75, 3.05) is 63.3 Å². The number of carbonyl (C=O) groups is 2. The summed E-state index contributed by atoms with van der Waals surface area (Å²) < 4.78 is 45.6. The highest BCUT2D eigenvalue weighted by Crippen LogP contribution is 2.47. The molecule has 0 amide bonds. The number of hydrogen-bond acceptors (Lipinski definition) is 10. The minimum Gasteiger partial charge on any atom is -0.492 e. The van der Waals surface area contributed by atoms with E-state index < -0.39 is 34.4 Å². The first-order chi connectivity index (χ1) is 28.0. The van der Waals surface area contributed by atoms with Gasteiger partial charge in [0.2, 0.25) is 10.9 Å². The normalized spacial score (nSPS) is 23.6. The number of aromatic nitrogens is 2. The molecule has 2 aliphatic carbocycles. The van der Waals surface area contributed by atoms with Crippen LogP contribution in [0.2, 0.25) is 0 Å². The van der Waals surface area contributed by atoms with Gasteiger partial charge in [0.25, 0.3) is 0 Å². The molecule has 0 bridgehead atoms. The summed E-state index contributed by atoms with van der Waals surface area (Å²) in [6, 6.07) is 3.23. The number of nitrogens with zero attached hydrogens (tertiary/aromatic N) is 4. The Labute approximate surface area is 344 Å². The SMILES string of the molecule is COc1c(N2C[C@@H]3CCCN[C@@H]3C2)c(F)cc2c(=O)c(C(=O)O)cn(C3CC3)c12.COc1c(N2C[C@@H]3CCCN[C@@H]3C2)c(F)cc2c(=O)c(C(=O)O)cn(C3CC3)c12.Cl. The van der Waals surface area contributed by atoms with Gasteiger partial charge in [-0.3, -0.25) is 9.59 Å². The van der Waals surface area contributed by atoms with Gasteiger partial charge >= 0.3 is 11.9 Å². The molecule has 4 N–H and O–H groups in total. The van der Waals surface area contributed by atoms with E-state index in [-0.39, 0.29) is 46.4 Å². The van der Waals surface area contributed by atoms with Crippen LogP contribution in [0.15, 0.2) is 34.1 Å². The lowest BCUT2D eigenvalue weighted by molar-refractivity contribution is 0.0684. The van der Waals surface area contributed by atoms with Crippen molar-refractivity contribution < 1.29 is 38.1 Å². The summed E-state index contributed by atoms with van der Waals surface area (Å²) in [5, 5.41) is 26.0. The highest BCUT2D eigenvalue weighted by Gasteiger charge is 2.40. The number of benzene rings is 2. The molecule has 316 valence electrons. The standard InChI is InChI=1S/2C21H24FN3O4.ClH/c2*1-29-20-17-13(19(26)14(21(27)28)9-25(17)12-4-5-12)7-15(22)18(20)24-8-11-3-2-6-23-16(11)10-24;/h2*7,9,11-12,16,23H,2-6,8,10H2,1H3,(H,27,28);1H/t2*11-,16+;/m00./s1. The van der Waals surface area contributed by atoms with Crippen LogP contribution in [0.3, 0.4) is 0 Å². The zero-order valence-corrected chi connectivity index (χ0v) is 33.8. The van der Waals surface area contributed by atoms with Crippen LogP contribution in [0, 0.1) is 23.5 Å². The van der Waals surface area contributed by atoms with Crippen molar-refractivity contribution in [2.45, 2.75) is 75.5 Å². The van der Waals surface area contributed by atoms with Gasteiger partial charge < -0.3 is 49.3 Å². The number of fused-ring (bicyclic) bond motifs is 4. The zero-order chi connectivity index (χ0) is 40.6. The molecule has 0 spiro atoms. The number of nitrogens with one attached hydrogen (secondary N) is 2. The van der Waals surface area contributed by atoms with Crippen LogP contribution in [0.5, 0.6) is 11.5 Å². The predicted molar refractivity (Wildman–Crippen MR) is 221 cm³/mol. The molecule has 4 aromatic rings. The van der Waals surface area contributed by atoms with E-state index >= 15 is 8.78 Å². The fourth-order valence-corrected chi connectivity index (χ4v) is 9.91. The molecule has 4 atom stereocenters. The second-order valence-electron chi connectivity index (χ2n) is 16.6. The number of piperidine rings is 2. The molecule has 4 saturated heterocycles. The monoisotopic (exact) mass is 838 g/mol. The van der Waals surface area contributed by atoms with Crippen LogP contribution in [0.25, 0.3) is 21.8 Å². The Bertz CT molecular complexity index is 2270. The highest BCUT2D eigenvalue weighted by atomic mass is 35.5. The number of carboxylic acid groups (broad SMARTS) is 2. The summed E-state index contributed by atoms with van der Waals surface area (Å²) in [6.07, 6.45) is 10.8. The fraction of sp³-hybridized carbons (Fsp3) is 0.524. The van der Waals surface area contributed by atoms with Crippen molar-refractivity contribution in [3.8, 4) is 11.5 Å². The molecule has 2 aromatic heterocycles. The summed E-state index contributed by atoms with van der Waals surface area (Å²) in [5.74, 6) is -2.13. The van der Waals surface area contributed by atoms with E-state index in [0.717, 1.165) is 77.5 Å². The molecule has 2 saturated carbocycles. The summed E-state index contributed by atoms with van der Waals surface area (Å²) in [7, 11) is 2.96. The molecule has 2 aromatic carbocycles. The number of hydrogen-bond donors (Lipinski definition) is 4. The van der Waals surface area contributed by atoms with Crippen molar-refractivity contribution >= 4 is 57.5 Å². The molecule has 0 radical (unpaired) electrons. The lowest BCUT2D eigenvalue weighted by atomic mass is 9.94. The quantitative estimate of drug-likeness (QED) is 0.184. The van der Waals surface area contributed by atoms with Crippen LogP contribution in [-0.2, 0) is 0 Å². The average molecular weight is 839 g/mol. The summed E-state index contributed by atoms with van der Waals surface area (Å²) in [6.45, 7) is 4.79. The van der Waals surface area contributed by atoms with E-state index in [0.29, 0.717) is 70.9 Å². The summed E-state index contributed by atoms with van der Waals surface area (Å²) >= 11 is 0. The van der Waals surface area contributed by atoms with Gasteiger partial charge in [0.15, 0.2) is 23.1 Å². The van der Waals surface area contributed by atoms with E-state index in [4.69, 9.17) is 9.47 Å². The molecule has 4 aliphatic heterocycles. The number of pyridine rings is 2. The highest BCUT2D eigenvalue weighted by molar-refractivity contribution is 5.98. The lowest BCUT2D eigenvalue weighted by Gasteiger charge is -2.25. The zero-order valence-electron chi connectivity index (χ0n) is 33.0. The van der Waals surface area contributed by atoms with Gasteiger partial charge in [-0.05, 0) is 88.4 Å². The van der Waals surface area contributed by atoms with E-state index in [1.807, 2.05) is 9.80 Å². The van der Waals surface area contributed by atoms with Gasteiger partial charge in [0.1, 0.15) is 22.5 Å². The molecule has 59 heavy (non-hydrogen) atoms. The Balaban J connectivity index is 0.000000161. The summed E-state index contributed by atoms with van der Waals surface area (Å²) in [4.78, 5) is 52.7. The van der Waals surface area contributed by atoms with E-state index in [1.165, 1.54) is 38.7 Å². The predicted octanol–water partition coefficient (Wildman–Crippen LogP) is 5.16. The first-order valence-electron chi connectivity index (χ1n) is 20.3. The number of methoxy groups -OCH3 is 2. The van der Waals surface area contributed by atoms with Crippen LogP contribution in [-0.4, -0.2) is 96.9 Å². The third-order valence-corrected chi connectivity index (χ3v) is 13.0. The fourth-order valence-electron chi connectivity index (χ4n) is 9.91. The Kier molecular flexibility index (Phi) is 11.0. The maximum absolute atomic E-state index is 15.3. The van der Waals surface area contributed by atoms with Crippen LogP contribution >= 0.6 is 12.4 Å². The first-order valence-corrected chi connectivity index (χ1v) is 20.3. The molecule has 14 nitrogen and oxygen atoms in total. The molecular formula is C42H49ClF2N6O8. The number of ether oxygens (including phenoxy) is 2. The largest absolute Gasteiger partial charge is 0.492 e. The van der Waals surface area contributed by atoms with Crippen LogP contribution < -0.4 is 40.8 Å². The maximum Gasteiger partial charge on any atom is 0.341 e. The smallest absolute Gasteiger partial charge is 0.341 e. The number of aromatic carboxylic acids is 2. The number of halogens is 3. The van der Waals surface area contributed by atoms with Gasteiger partial charge in [-0.15, -0.1) is 12.4 Å².